The highest BCUT2D eigenvalue weighted by Crippen LogP contribution is 2.36. The fourth-order valence-electron chi connectivity index (χ4n) is 1.96. The second-order valence-electron chi connectivity index (χ2n) is 4.24. The molecule has 20 heavy (non-hydrogen) atoms. The molecule has 0 aliphatic carbocycles. The maximum absolute atomic E-state index is 13.0. The van der Waals surface area contributed by atoms with Crippen molar-refractivity contribution >= 4 is 21.6 Å². The van der Waals surface area contributed by atoms with Crippen LogP contribution < -0.4 is 4.74 Å². The van der Waals surface area contributed by atoms with Crippen molar-refractivity contribution < 1.29 is 14.2 Å². The van der Waals surface area contributed by atoms with E-state index in [0.29, 0.717) is 17.2 Å². The number of phenols is 1. The second-order valence-corrected chi connectivity index (χ2v) is 5.27. The van der Waals surface area contributed by atoms with Gasteiger partial charge in [0, 0.05) is 6.07 Å². The molecule has 102 valence electrons. The average molecular weight is 289 g/mol. The van der Waals surface area contributed by atoms with Gasteiger partial charge in [0.15, 0.2) is 0 Å². The van der Waals surface area contributed by atoms with Gasteiger partial charge in [0.05, 0.1) is 22.4 Å². The van der Waals surface area contributed by atoms with Gasteiger partial charge in [-0.3, -0.25) is 0 Å². The molecular formula is C15H12FNO2S. The van der Waals surface area contributed by atoms with E-state index in [0.717, 1.165) is 22.0 Å². The van der Waals surface area contributed by atoms with Crippen molar-refractivity contribution in [3.05, 3.63) is 42.2 Å². The molecule has 3 aromatic rings. The summed E-state index contributed by atoms with van der Waals surface area (Å²) in [6, 6.07) is 9.59. The normalized spacial score (nSPS) is 10.9. The van der Waals surface area contributed by atoms with E-state index in [2.05, 4.69) is 4.98 Å². The van der Waals surface area contributed by atoms with Crippen LogP contribution in [0.5, 0.6) is 11.5 Å². The van der Waals surface area contributed by atoms with Crippen molar-refractivity contribution in [3.8, 4) is 22.1 Å². The number of hydrogen-bond acceptors (Lipinski definition) is 4. The molecule has 0 unspecified atom stereocenters. The molecule has 1 heterocycles. The lowest BCUT2D eigenvalue weighted by Crippen LogP contribution is -1.89. The highest BCUT2D eigenvalue weighted by Gasteiger charge is 2.11. The molecule has 0 saturated carbocycles. The SMILES string of the molecule is CCOc1ccc2nc(-c3ccc(F)cc3O)sc2c1. The molecule has 3 nitrogen and oxygen atoms in total. The second kappa shape index (κ2) is 5.09. The van der Waals surface area contributed by atoms with Gasteiger partial charge in [-0.25, -0.2) is 9.37 Å². The first-order valence-corrected chi connectivity index (χ1v) is 7.01. The van der Waals surface area contributed by atoms with E-state index in [9.17, 15) is 9.50 Å². The quantitative estimate of drug-likeness (QED) is 0.785. The van der Waals surface area contributed by atoms with E-state index in [1.54, 1.807) is 0 Å². The van der Waals surface area contributed by atoms with Gasteiger partial charge in [-0.2, -0.15) is 0 Å². The first kappa shape index (κ1) is 12.9. The summed E-state index contributed by atoms with van der Waals surface area (Å²) < 4.78 is 19.4. The Morgan fingerprint density at radius 3 is 2.85 bits per heavy atom. The molecule has 0 atom stereocenters. The first-order valence-electron chi connectivity index (χ1n) is 6.19. The number of benzene rings is 2. The molecule has 0 amide bonds. The molecule has 2 aromatic carbocycles. The van der Waals surface area contributed by atoms with Crippen molar-refractivity contribution in [2.24, 2.45) is 0 Å². The van der Waals surface area contributed by atoms with Crippen LogP contribution in [-0.4, -0.2) is 16.7 Å². The van der Waals surface area contributed by atoms with Crippen molar-refractivity contribution in [2.45, 2.75) is 6.92 Å². The molecule has 1 N–H and O–H groups in total. The molecule has 0 saturated heterocycles. The molecule has 0 aliphatic heterocycles. The summed E-state index contributed by atoms with van der Waals surface area (Å²) in [6.45, 7) is 2.54. The molecule has 5 heteroatoms. The Morgan fingerprint density at radius 1 is 1.25 bits per heavy atom. The summed E-state index contributed by atoms with van der Waals surface area (Å²) in [5.74, 6) is 0.221. The Morgan fingerprint density at radius 2 is 2.10 bits per heavy atom. The highest BCUT2D eigenvalue weighted by atomic mass is 32.1. The van der Waals surface area contributed by atoms with Gasteiger partial charge in [0.25, 0.3) is 0 Å². The van der Waals surface area contributed by atoms with Crippen LogP contribution in [0.4, 0.5) is 4.39 Å². The van der Waals surface area contributed by atoms with Crippen molar-refractivity contribution in [1.82, 2.24) is 4.98 Å². The topological polar surface area (TPSA) is 42.4 Å². The van der Waals surface area contributed by atoms with Crippen LogP contribution in [0.25, 0.3) is 20.8 Å². The van der Waals surface area contributed by atoms with Gasteiger partial charge >= 0.3 is 0 Å². The number of aromatic hydroxyl groups is 1. The fourth-order valence-corrected chi connectivity index (χ4v) is 2.99. The van der Waals surface area contributed by atoms with Gasteiger partial charge in [0.2, 0.25) is 0 Å². The van der Waals surface area contributed by atoms with E-state index >= 15 is 0 Å². The molecular weight excluding hydrogens is 277 g/mol. The van der Waals surface area contributed by atoms with Crippen molar-refractivity contribution in [3.63, 3.8) is 0 Å². The predicted octanol–water partition coefficient (Wildman–Crippen LogP) is 4.21. The van der Waals surface area contributed by atoms with Gasteiger partial charge in [0.1, 0.15) is 22.3 Å². The largest absolute Gasteiger partial charge is 0.507 e. The summed E-state index contributed by atoms with van der Waals surface area (Å²) in [6.07, 6.45) is 0. The number of hydrogen-bond donors (Lipinski definition) is 1. The maximum Gasteiger partial charge on any atom is 0.128 e. The molecule has 0 radical (unpaired) electrons. The minimum absolute atomic E-state index is 0.103. The molecule has 3 rings (SSSR count). The van der Waals surface area contributed by atoms with E-state index in [4.69, 9.17) is 4.74 Å². The molecule has 1 aromatic heterocycles. The third kappa shape index (κ3) is 2.32. The molecule has 0 fully saturated rings. The monoisotopic (exact) mass is 289 g/mol. The Balaban J connectivity index is 2.08. The van der Waals surface area contributed by atoms with E-state index in [1.165, 1.54) is 23.5 Å². The van der Waals surface area contributed by atoms with Crippen molar-refractivity contribution in [1.29, 1.82) is 0 Å². The zero-order chi connectivity index (χ0) is 14.1. The minimum atomic E-state index is -0.467. The smallest absolute Gasteiger partial charge is 0.128 e. The lowest BCUT2D eigenvalue weighted by atomic mass is 10.2. The van der Waals surface area contributed by atoms with Crippen LogP contribution in [0.15, 0.2) is 36.4 Å². The lowest BCUT2D eigenvalue weighted by molar-refractivity contribution is 0.341. The predicted molar refractivity (Wildman–Crippen MR) is 77.8 cm³/mol. The zero-order valence-electron chi connectivity index (χ0n) is 10.8. The number of halogens is 1. The maximum atomic E-state index is 13.0. The Labute approximate surface area is 119 Å². The first-order chi connectivity index (χ1) is 9.67. The van der Waals surface area contributed by atoms with Gasteiger partial charge in [-0.1, -0.05) is 0 Å². The van der Waals surface area contributed by atoms with E-state index < -0.39 is 5.82 Å². The Kier molecular flexibility index (Phi) is 3.28. The summed E-state index contributed by atoms with van der Waals surface area (Å²) in [5, 5.41) is 10.5. The third-order valence-corrected chi connectivity index (χ3v) is 3.91. The van der Waals surface area contributed by atoms with Gasteiger partial charge in [-0.15, -0.1) is 11.3 Å². The van der Waals surface area contributed by atoms with Crippen LogP contribution in [0, 0.1) is 5.82 Å². The number of rotatable bonds is 3. The lowest BCUT2D eigenvalue weighted by Gasteiger charge is -2.00. The molecule has 0 spiro atoms. The average Bonchev–Trinajstić information content (AvgIpc) is 2.81. The van der Waals surface area contributed by atoms with E-state index in [-0.39, 0.29) is 5.75 Å². The van der Waals surface area contributed by atoms with Crippen LogP contribution in [-0.2, 0) is 0 Å². The van der Waals surface area contributed by atoms with Crippen LogP contribution in [0.1, 0.15) is 6.92 Å². The number of nitrogens with zero attached hydrogens (tertiary/aromatic N) is 1. The molecule has 0 aliphatic rings. The number of thiazole rings is 1. The van der Waals surface area contributed by atoms with Crippen LogP contribution >= 0.6 is 11.3 Å². The molecule has 0 bridgehead atoms. The van der Waals surface area contributed by atoms with Crippen molar-refractivity contribution in [2.75, 3.05) is 6.61 Å². The third-order valence-electron chi connectivity index (χ3n) is 2.86. The summed E-state index contributed by atoms with van der Waals surface area (Å²) in [5.41, 5.74) is 1.36. The Hall–Kier alpha value is -2.14. The van der Waals surface area contributed by atoms with Crippen LogP contribution in [0.2, 0.25) is 0 Å². The highest BCUT2D eigenvalue weighted by molar-refractivity contribution is 7.21. The number of aromatic nitrogens is 1. The van der Waals surface area contributed by atoms with Gasteiger partial charge in [-0.05, 0) is 37.3 Å². The number of fused-ring (bicyclic) bond motifs is 1. The van der Waals surface area contributed by atoms with Gasteiger partial charge < -0.3 is 9.84 Å². The van der Waals surface area contributed by atoms with Crippen LogP contribution in [0.3, 0.4) is 0 Å². The summed E-state index contributed by atoms with van der Waals surface area (Å²) >= 11 is 1.44. The summed E-state index contributed by atoms with van der Waals surface area (Å²) in [7, 11) is 0. The minimum Gasteiger partial charge on any atom is -0.507 e. The zero-order valence-corrected chi connectivity index (χ0v) is 11.6. The standard InChI is InChI=1S/C15H12FNO2S/c1-2-19-10-4-6-12-14(8-10)20-15(17-12)11-5-3-9(16)7-13(11)18/h3-8,18H,2H2,1H3. The van der Waals surface area contributed by atoms with E-state index in [1.807, 2.05) is 25.1 Å². The fraction of sp³-hybridized carbons (Fsp3) is 0.133. The Bertz CT molecular complexity index is 770. The number of phenolic OH excluding ortho intramolecular Hbond substituents is 1. The summed E-state index contributed by atoms with van der Waals surface area (Å²) in [4.78, 5) is 4.46. The number of ether oxygens (including phenoxy) is 1.